The summed E-state index contributed by atoms with van der Waals surface area (Å²) < 4.78 is 2.67. The van der Waals surface area contributed by atoms with E-state index in [-0.39, 0.29) is 6.04 Å². The van der Waals surface area contributed by atoms with E-state index in [4.69, 9.17) is 11.6 Å². The van der Waals surface area contributed by atoms with E-state index in [0.29, 0.717) is 22.8 Å². The molecule has 0 fully saturated rings. The Morgan fingerprint density at radius 1 is 1.50 bits per heavy atom. The van der Waals surface area contributed by atoms with Gasteiger partial charge in [-0.15, -0.1) is 11.3 Å². The number of aliphatic hydroxyl groups excluding tert-OH is 1. The molecule has 1 aliphatic heterocycles. The van der Waals surface area contributed by atoms with E-state index < -0.39 is 6.10 Å². The molecule has 0 aromatic carbocycles. The summed E-state index contributed by atoms with van der Waals surface area (Å²) in [5.41, 5.74) is 0. The minimum atomic E-state index is -0.618. The Morgan fingerprint density at radius 3 is 2.96 bits per heavy atom. The third kappa shape index (κ3) is 4.55. The number of aromatic nitrogens is 3. The molecular weight excluding hydrogens is 372 g/mol. The number of rotatable bonds is 5. The van der Waals surface area contributed by atoms with E-state index in [2.05, 4.69) is 39.6 Å². The lowest BCUT2D eigenvalue weighted by atomic mass is 10.1. The largest absolute Gasteiger partial charge is 0.386 e. The van der Waals surface area contributed by atoms with Crippen molar-refractivity contribution in [3.8, 4) is 0 Å². The lowest BCUT2D eigenvalue weighted by Crippen LogP contribution is -2.47. The zero-order valence-electron chi connectivity index (χ0n) is 15.2. The van der Waals surface area contributed by atoms with Crippen LogP contribution in [-0.2, 0) is 13.0 Å². The Kier molecular flexibility index (Phi) is 6.16. The number of aliphatic hydroxyl groups is 1. The van der Waals surface area contributed by atoms with Crippen molar-refractivity contribution < 1.29 is 5.11 Å². The second-order valence-electron chi connectivity index (χ2n) is 6.71. The van der Waals surface area contributed by atoms with Gasteiger partial charge in [0.2, 0.25) is 0 Å². The molecule has 2 aromatic rings. The number of halogens is 1. The summed E-state index contributed by atoms with van der Waals surface area (Å²) in [5.74, 6) is 2.96. The van der Waals surface area contributed by atoms with Crippen LogP contribution in [0.4, 0.5) is 0 Å². The van der Waals surface area contributed by atoms with Gasteiger partial charge in [0.25, 0.3) is 0 Å². The zero-order valence-corrected chi connectivity index (χ0v) is 16.8. The third-order valence-electron chi connectivity index (χ3n) is 4.34. The van der Waals surface area contributed by atoms with Crippen molar-refractivity contribution in [2.24, 2.45) is 4.99 Å². The normalized spacial score (nSPS) is 18.7. The predicted octanol–water partition coefficient (Wildman–Crippen LogP) is 2.33. The van der Waals surface area contributed by atoms with Crippen LogP contribution in [0.15, 0.2) is 17.1 Å². The van der Waals surface area contributed by atoms with Crippen molar-refractivity contribution in [2.75, 3.05) is 13.6 Å². The van der Waals surface area contributed by atoms with Crippen molar-refractivity contribution in [2.45, 2.75) is 51.3 Å². The molecule has 0 radical (unpaired) electrons. The number of nitrogens with zero attached hydrogens (tertiary/aromatic N) is 4. The zero-order chi connectivity index (χ0) is 18.7. The standard InChI is InChI=1S/C17H25ClN6OS/c1-10(2)16-22-15-7-4-11(9-24(15)23-16)21-17(19-3)20-8-12(25)13-5-6-14(18)26-13/h5-6,10-12,25H,4,7-9H2,1-3H3,(H2,19,20,21). The molecule has 2 aromatic heterocycles. The van der Waals surface area contributed by atoms with Crippen LogP contribution in [0.1, 0.15) is 48.8 Å². The SMILES string of the molecule is CN=C(NCC(O)c1ccc(Cl)s1)NC1CCc2nc(C(C)C)nn2C1. The molecule has 26 heavy (non-hydrogen) atoms. The predicted molar refractivity (Wildman–Crippen MR) is 105 cm³/mol. The van der Waals surface area contributed by atoms with Gasteiger partial charge in [0.15, 0.2) is 11.8 Å². The molecule has 0 bridgehead atoms. The first-order valence-electron chi connectivity index (χ1n) is 8.80. The Balaban J connectivity index is 1.53. The molecule has 1 aliphatic rings. The van der Waals surface area contributed by atoms with Crippen LogP contribution in [0.3, 0.4) is 0 Å². The average Bonchev–Trinajstić information content (AvgIpc) is 3.24. The molecule has 7 nitrogen and oxygen atoms in total. The van der Waals surface area contributed by atoms with Crippen molar-refractivity contribution in [1.29, 1.82) is 0 Å². The van der Waals surface area contributed by atoms with Crippen LogP contribution >= 0.6 is 22.9 Å². The topological polar surface area (TPSA) is 87.4 Å². The lowest BCUT2D eigenvalue weighted by Gasteiger charge is -2.25. The Labute approximate surface area is 162 Å². The van der Waals surface area contributed by atoms with E-state index in [9.17, 15) is 5.11 Å². The Hall–Kier alpha value is -1.64. The molecule has 2 unspecified atom stereocenters. The van der Waals surface area contributed by atoms with Gasteiger partial charge in [-0.2, -0.15) is 5.10 Å². The quantitative estimate of drug-likeness (QED) is 0.533. The first-order chi connectivity index (χ1) is 12.5. The molecule has 2 atom stereocenters. The summed E-state index contributed by atoms with van der Waals surface area (Å²) in [5, 5.41) is 21.4. The molecule has 0 saturated carbocycles. The number of hydrogen-bond acceptors (Lipinski definition) is 5. The van der Waals surface area contributed by atoms with Gasteiger partial charge < -0.3 is 15.7 Å². The van der Waals surface area contributed by atoms with E-state index >= 15 is 0 Å². The van der Waals surface area contributed by atoms with Crippen LogP contribution in [0.2, 0.25) is 4.34 Å². The highest BCUT2D eigenvalue weighted by Crippen LogP contribution is 2.26. The molecule has 0 spiro atoms. The third-order valence-corrected chi connectivity index (χ3v) is 5.67. The van der Waals surface area contributed by atoms with Crippen molar-refractivity contribution in [1.82, 2.24) is 25.4 Å². The maximum Gasteiger partial charge on any atom is 0.191 e. The summed E-state index contributed by atoms with van der Waals surface area (Å²) in [6, 6.07) is 3.86. The monoisotopic (exact) mass is 396 g/mol. The van der Waals surface area contributed by atoms with Gasteiger partial charge >= 0.3 is 0 Å². The molecule has 3 rings (SSSR count). The fourth-order valence-electron chi connectivity index (χ4n) is 2.88. The highest BCUT2D eigenvalue weighted by Gasteiger charge is 2.23. The van der Waals surface area contributed by atoms with E-state index in [1.807, 2.05) is 10.7 Å². The summed E-state index contributed by atoms with van der Waals surface area (Å²) in [6.45, 7) is 5.35. The highest BCUT2D eigenvalue weighted by molar-refractivity contribution is 7.16. The molecular formula is C17H25ClN6OS. The minimum Gasteiger partial charge on any atom is -0.386 e. The van der Waals surface area contributed by atoms with E-state index in [1.165, 1.54) is 11.3 Å². The van der Waals surface area contributed by atoms with Gasteiger partial charge in [-0.3, -0.25) is 4.99 Å². The second-order valence-corrected chi connectivity index (χ2v) is 8.46. The lowest BCUT2D eigenvalue weighted by molar-refractivity contribution is 0.184. The molecule has 3 heterocycles. The van der Waals surface area contributed by atoms with Gasteiger partial charge in [0, 0.05) is 36.9 Å². The summed E-state index contributed by atoms with van der Waals surface area (Å²) in [4.78, 5) is 9.71. The first kappa shape index (κ1) is 19.1. The maximum absolute atomic E-state index is 10.3. The van der Waals surface area contributed by atoms with E-state index in [1.54, 1.807) is 13.1 Å². The van der Waals surface area contributed by atoms with Gasteiger partial charge in [-0.25, -0.2) is 9.67 Å². The molecule has 3 N–H and O–H groups in total. The van der Waals surface area contributed by atoms with Gasteiger partial charge in [-0.05, 0) is 18.6 Å². The number of aryl methyl sites for hydroxylation is 1. The first-order valence-corrected chi connectivity index (χ1v) is 9.99. The van der Waals surface area contributed by atoms with Crippen molar-refractivity contribution in [3.63, 3.8) is 0 Å². The smallest absolute Gasteiger partial charge is 0.191 e. The van der Waals surface area contributed by atoms with Crippen LogP contribution in [0.25, 0.3) is 0 Å². The van der Waals surface area contributed by atoms with Gasteiger partial charge in [0.05, 0.1) is 10.9 Å². The van der Waals surface area contributed by atoms with Crippen molar-refractivity contribution >= 4 is 28.9 Å². The fourth-order valence-corrected chi connectivity index (χ4v) is 3.93. The Morgan fingerprint density at radius 2 is 2.31 bits per heavy atom. The number of fused-ring (bicyclic) bond motifs is 1. The van der Waals surface area contributed by atoms with E-state index in [0.717, 1.165) is 35.9 Å². The number of thiophene rings is 1. The number of hydrogen-bond donors (Lipinski definition) is 3. The summed E-state index contributed by atoms with van der Waals surface area (Å²) in [7, 11) is 1.73. The summed E-state index contributed by atoms with van der Waals surface area (Å²) >= 11 is 7.31. The van der Waals surface area contributed by atoms with Crippen LogP contribution in [-0.4, -0.2) is 45.5 Å². The maximum atomic E-state index is 10.3. The second kappa shape index (κ2) is 8.37. The highest BCUT2D eigenvalue weighted by atomic mass is 35.5. The van der Waals surface area contributed by atoms with Gasteiger partial charge in [0.1, 0.15) is 11.9 Å². The number of guanidine groups is 1. The van der Waals surface area contributed by atoms with Crippen molar-refractivity contribution in [3.05, 3.63) is 33.0 Å². The Bertz CT molecular complexity index is 771. The number of aliphatic imine (C=N–C) groups is 1. The number of nitrogens with one attached hydrogen (secondary N) is 2. The van der Waals surface area contributed by atoms with Crippen LogP contribution in [0, 0.1) is 0 Å². The molecule has 0 amide bonds. The average molecular weight is 397 g/mol. The molecule has 9 heteroatoms. The van der Waals surface area contributed by atoms with Crippen LogP contribution in [0.5, 0.6) is 0 Å². The van der Waals surface area contributed by atoms with Crippen LogP contribution < -0.4 is 10.6 Å². The van der Waals surface area contributed by atoms with Gasteiger partial charge in [-0.1, -0.05) is 25.4 Å². The molecule has 0 aliphatic carbocycles. The summed E-state index contributed by atoms with van der Waals surface area (Å²) in [6.07, 6.45) is 1.25. The molecule has 142 valence electrons. The molecule has 0 saturated heterocycles. The minimum absolute atomic E-state index is 0.226. The fraction of sp³-hybridized carbons (Fsp3) is 0.588.